The smallest absolute Gasteiger partial charge is 0.259 e. The first-order chi connectivity index (χ1) is 28.4. The molecule has 0 fully saturated rings. The molecule has 6 rings (SSSR count). The summed E-state index contributed by atoms with van der Waals surface area (Å²) < 4.78 is 2.86. The summed E-state index contributed by atoms with van der Waals surface area (Å²) in [7, 11) is 0. The average molecular weight is 1330 g/mol. The van der Waals surface area contributed by atoms with Gasteiger partial charge in [-0.25, -0.2) is 0 Å². The van der Waals surface area contributed by atoms with Gasteiger partial charge in [0.1, 0.15) is 11.5 Å². The van der Waals surface area contributed by atoms with Gasteiger partial charge in [-0.1, -0.05) is 82.8 Å². The van der Waals surface area contributed by atoms with Gasteiger partial charge in [-0.05, 0) is 198 Å². The number of aryl methyl sites for hydroxylation is 2. The zero-order chi connectivity index (χ0) is 44.0. The van der Waals surface area contributed by atoms with Gasteiger partial charge in [0, 0.05) is 38.6 Å². The molecule has 16 heteroatoms. The molecule has 0 saturated heterocycles. The lowest BCUT2D eigenvalue weighted by Gasteiger charge is -2.16. The van der Waals surface area contributed by atoms with Crippen molar-refractivity contribution in [3.8, 4) is 23.6 Å². The number of hydrogen-bond donors (Lipinski definition) is 4. The molecule has 304 valence electrons. The van der Waals surface area contributed by atoms with Gasteiger partial charge in [0.2, 0.25) is 0 Å². The highest BCUT2D eigenvalue weighted by atomic mass is 127. The number of anilines is 2. The van der Waals surface area contributed by atoms with Crippen molar-refractivity contribution in [3.63, 3.8) is 0 Å². The van der Waals surface area contributed by atoms with Crippen molar-refractivity contribution < 1.29 is 19.8 Å². The molecule has 4 N–H and O–H groups in total. The summed E-state index contributed by atoms with van der Waals surface area (Å²) in [6, 6.07) is 32.3. The minimum Gasteiger partial charge on any atom is -0.506 e. The fourth-order valence-corrected chi connectivity index (χ4v) is 10.4. The molecule has 0 aliphatic carbocycles. The van der Waals surface area contributed by atoms with Gasteiger partial charge in [-0.2, -0.15) is 10.5 Å². The number of carbonyl (C=O) groups excluding carboxylic acids is 2. The molecule has 0 aromatic heterocycles. The Balaban J connectivity index is 0.000000228. The van der Waals surface area contributed by atoms with E-state index < -0.39 is 23.7 Å². The molecule has 2 unspecified atom stereocenters. The predicted octanol–water partition coefficient (Wildman–Crippen LogP) is 14.2. The number of phenols is 2. The van der Waals surface area contributed by atoms with Crippen LogP contribution >= 0.6 is 137 Å². The number of carbonyl (C=O) groups is 2. The van der Waals surface area contributed by atoms with Crippen LogP contribution in [0.2, 0.25) is 20.1 Å². The van der Waals surface area contributed by atoms with Crippen molar-refractivity contribution in [1.82, 2.24) is 0 Å². The maximum atomic E-state index is 12.7. The second kappa shape index (κ2) is 21.3. The van der Waals surface area contributed by atoms with Crippen LogP contribution in [0.25, 0.3) is 0 Å². The van der Waals surface area contributed by atoms with Crippen LogP contribution in [-0.4, -0.2) is 22.0 Å². The van der Waals surface area contributed by atoms with E-state index in [2.05, 4.69) is 68.0 Å². The molecule has 0 aliphatic rings. The third-order valence-electron chi connectivity index (χ3n) is 9.02. The molecular weight excluding hydrogens is 1300 g/mol. The topological polar surface area (TPSA) is 146 Å². The number of nitriles is 2. The van der Waals surface area contributed by atoms with Crippen LogP contribution in [0.15, 0.2) is 97.1 Å². The quantitative estimate of drug-likeness (QED) is 0.112. The van der Waals surface area contributed by atoms with E-state index in [-0.39, 0.29) is 22.6 Å². The van der Waals surface area contributed by atoms with Crippen LogP contribution in [-0.2, 0) is 0 Å². The first-order valence-electron chi connectivity index (χ1n) is 17.3. The minimum atomic E-state index is -0.570. The molecule has 0 aliphatic heterocycles. The van der Waals surface area contributed by atoms with E-state index >= 15 is 0 Å². The number of halogens is 8. The molecule has 2 amide bonds. The highest BCUT2D eigenvalue weighted by Gasteiger charge is 2.23. The lowest BCUT2D eigenvalue weighted by atomic mass is 9.91. The molecular formula is C44H28Cl4I4N4O4. The summed E-state index contributed by atoms with van der Waals surface area (Å²) in [6.45, 7) is 3.65. The summed E-state index contributed by atoms with van der Waals surface area (Å²) in [6.07, 6.45) is 0. The molecule has 2 atom stereocenters. The normalized spacial score (nSPS) is 11.6. The average Bonchev–Trinajstić information content (AvgIpc) is 3.20. The number of phenolic OH excluding ortho intramolecular Hbond substituents is 2. The second-order valence-corrected chi connectivity index (χ2v) is 19.6. The Morgan fingerprint density at radius 1 is 0.567 bits per heavy atom. The van der Waals surface area contributed by atoms with E-state index in [9.17, 15) is 30.3 Å². The summed E-state index contributed by atoms with van der Waals surface area (Å²) >= 11 is 33.0. The molecule has 6 aromatic carbocycles. The van der Waals surface area contributed by atoms with E-state index in [4.69, 9.17) is 46.4 Å². The highest BCUT2D eigenvalue weighted by molar-refractivity contribution is 14.1. The number of hydrogen-bond acceptors (Lipinski definition) is 6. The third kappa shape index (κ3) is 11.7. The zero-order valence-corrected chi connectivity index (χ0v) is 42.7. The Morgan fingerprint density at radius 2 is 0.900 bits per heavy atom. The largest absolute Gasteiger partial charge is 0.506 e. The lowest BCUT2D eigenvalue weighted by Crippen LogP contribution is -2.14. The lowest BCUT2D eigenvalue weighted by molar-refractivity contribution is 0.101. The van der Waals surface area contributed by atoms with Gasteiger partial charge in [-0.15, -0.1) is 0 Å². The number of nitrogens with one attached hydrogen (secondary N) is 2. The fraction of sp³-hybridized carbons (Fsp3) is 0.0909. The summed E-state index contributed by atoms with van der Waals surface area (Å²) in [4.78, 5) is 25.5. The Bertz CT molecular complexity index is 2540. The zero-order valence-electron chi connectivity index (χ0n) is 31.0. The third-order valence-corrected chi connectivity index (χ3v) is 13.1. The van der Waals surface area contributed by atoms with Crippen LogP contribution in [0, 0.1) is 50.8 Å². The van der Waals surface area contributed by atoms with Gasteiger partial charge < -0.3 is 20.8 Å². The number of amides is 2. The Kier molecular flexibility index (Phi) is 17.1. The molecule has 0 heterocycles. The van der Waals surface area contributed by atoms with Crippen LogP contribution in [0.5, 0.6) is 11.5 Å². The van der Waals surface area contributed by atoms with Crippen LogP contribution in [0.1, 0.15) is 65.9 Å². The van der Waals surface area contributed by atoms with Gasteiger partial charge in [0.25, 0.3) is 11.8 Å². The SMILES string of the molecule is Cc1cc(C(C#N)c2ccc(Cl)cc2)c(Cl)cc1NC(=O)c1cc(I)cc(I)c1O.Cc1cc(C(C#N)c2ccc(Cl)cc2)c(Cl)cc1NC(=O)c1cc(I)cc(I)c1O. The molecule has 60 heavy (non-hydrogen) atoms. The van der Waals surface area contributed by atoms with Crippen molar-refractivity contribution in [2.75, 3.05) is 10.6 Å². The van der Waals surface area contributed by atoms with Crippen molar-refractivity contribution in [2.24, 2.45) is 0 Å². The van der Waals surface area contributed by atoms with Gasteiger partial charge >= 0.3 is 0 Å². The van der Waals surface area contributed by atoms with Crippen LogP contribution in [0.3, 0.4) is 0 Å². The number of nitrogens with zero attached hydrogens (tertiary/aromatic N) is 2. The van der Waals surface area contributed by atoms with E-state index in [1.165, 1.54) is 0 Å². The Labute approximate surface area is 421 Å². The summed E-state index contributed by atoms with van der Waals surface area (Å²) in [5.41, 5.74) is 5.71. The van der Waals surface area contributed by atoms with E-state index in [1.807, 2.05) is 59.0 Å². The van der Waals surface area contributed by atoms with Crippen molar-refractivity contribution in [2.45, 2.75) is 25.7 Å². The van der Waals surface area contributed by atoms with Crippen molar-refractivity contribution in [1.29, 1.82) is 10.5 Å². The second-order valence-electron chi connectivity index (χ2n) is 13.1. The maximum Gasteiger partial charge on any atom is 0.259 e. The molecule has 6 aromatic rings. The Morgan fingerprint density at radius 3 is 1.22 bits per heavy atom. The molecule has 0 bridgehead atoms. The van der Waals surface area contributed by atoms with Gasteiger partial charge in [0.05, 0.1) is 42.2 Å². The highest BCUT2D eigenvalue weighted by Crippen LogP contribution is 2.37. The van der Waals surface area contributed by atoms with E-state index in [0.717, 1.165) is 29.4 Å². The standard InChI is InChI=1S/2C22H14Cl2I2N2O2/c2*1-11-6-15(17(10-27)12-2-4-13(23)5-3-12)18(24)9-20(11)28-22(30)16-7-14(25)8-19(26)21(16)29/h2*2-9,17,29H,1H3,(H,28,30). The fourth-order valence-electron chi connectivity index (χ4n) is 5.93. The Hall–Kier alpha value is -3.08. The minimum absolute atomic E-state index is 0.0684. The van der Waals surface area contributed by atoms with Crippen LogP contribution in [0.4, 0.5) is 11.4 Å². The van der Waals surface area contributed by atoms with Gasteiger partial charge in [0.15, 0.2) is 0 Å². The predicted molar refractivity (Wildman–Crippen MR) is 273 cm³/mol. The molecule has 0 spiro atoms. The van der Waals surface area contributed by atoms with E-state index in [0.29, 0.717) is 49.7 Å². The first-order valence-corrected chi connectivity index (χ1v) is 23.1. The van der Waals surface area contributed by atoms with E-state index in [1.54, 1.807) is 97.1 Å². The summed E-state index contributed by atoms with van der Waals surface area (Å²) in [5, 5.41) is 47.4. The molecule has 8 nitrogen and oxygen atoms in total. The van der Waals surface area contributed by atoms with Crippen LogP contribution < -0.4 is 10.6 Å². The van der Waals surface area contributed by atoms with Crippen molar-refractivity contribution >= 4 is 160 Å². The van der Waals surface area contributed by atoms with Crippen molar-refractivity contribution in [3.05, 3.63) is 176 Å². The number of rotatable bonds is 8. The first kappa shape index (κ1) is 48.0. The number of benzene rings is 6. The summed E-state index contributed by atoms with van der Waals surface area (Å²) in [5.74, 6) is -2.16. The molecule has 0 saturated carbocycles. The maximum absolute atomic E-state index is 12.7. The molecule has 0 radical (unpaired) electrons. The van der Waals surface area contributed by atoms with Gasteiger partial charge in [-0.3, -0.25) is 9.59 Å². The monoisotopic (exact) mass is 1320 g/mol. The number of aromatic hydroxyl groups is 2.